The van der Waals surface area contributed by atoms with E-state index in [9.17, 15) is 13.2 Å². The van der Waals surface area contributed by atoms with Gasteiger partial charge < -0.3 is 5.32 Å². The lowest BCUT2D eigenvalue weighted by atomic mass is 10.1. The maximum Gasteiger partial charge on any atom is 0.253 e. The summed E-state index contributed by atoms with van der Waals surface area (Å²) in [5, 5.41) is 4.50. The summed E-state index contributed by atoms with van der Waals surface area (Å²) >= 11 is 1.14. The number of amides is 1. The van der Waals surface area contributed by atoms with Crippen LogP contribution >= 0.6 is 11.3 Å². The summed E-state index contributed by atoms with van der Waals surface area (Å²) < 4.78 is 27.5. The topological polar surface area (TPSA) is 66.5 Å². The zero-order valence-electron chi connectivity index (χ0n) is 15.5. The van der Waals surface area contributed by atoms with Crippen molar-refractivity contribution in [1.29, 1.82) is 0 Å². The second-order valence-corrected chi connectivity index (χ2v) is 9.40. The molecule has 0 spiro atoms. The van der Waals surface area contributed by atoms with Gasteiger partial charge in [0.15, 0.2) is 0 Å². The van der Waals surface area contributed by atoms with Crippen molar-refractivity contribution in [2.45, 2.75) is 24.1 Å². The molecule has 0 saturated heterocycles. The van der Waals surface area contributed by atoms with Crippen molar-refractivity contribution in [3.8, 4) is 0 Å². The molecule has 28 heavy (non-hydrogen) atoms. The Morgan fingerprint density at radius 2 is 1.68 bits per heavy atom. The highest BCUT2D eigenvalue weighted by Gasteiger charge is 2.27. The van der Waals surface area contributed by atoms with E-state index in [1.807, 2.05) is 54.6 Å². The molecule has 0 aliphatic rings. The highest BCUT2D eigenvalue weighted by atomic mass is 32.2. The minimum absolute atomic E-state index is 0.128. The van der Waals surface area contributed by atoms with E-state index in [-0.39, 0.29) is 23.2 Å². The molecule has 0 aliphatic heterocycles. The molecule has 7 heteroatoms. The minimum Gasteiger partial charge on any atom is -0.325 e. The summed E-state index contributed by atoms with van der Waals surface area (Å²) in [5.74, 6) is -0.375. The van der Waals surface area contributed by atoms with E-state index < -0.39 is 10.0 Å². The first kappa shape index (κ1) is 20.3. The van der Waals surface area contributed by atoms with E-state index in [1.54, 1.807) is 17.5 Å². The molecule has 0 atom stereocenters. The van der Waals surface area contributed by atoms with E-state index in [2.05, 4.69) is 12.2 Å². The maximum atomic E-state index is 13.0. The number of benzene rings is 2. The van der Waals surface area contributed by atoms with Crippen LogP contribution in [0.3, 0.4) is 0 Å². The zero-order chi connectivity index (χ0) is 20.0. The lowest BCUT2D eigenvalue weighted by molar-refractivity contribution is -0.116. The number of hydrogen-bond donors (Lipinski definition) is 1. The fourth-order valence-electron chi connectivity index (χ4n) is 2.73. The number of nitrogens with zero attached hydrogens (tertiary/aromatic N) is 1. The molecule has 3 rings (SSSR count). The molecule has 3 aromatic rings. The zero-order valence-corrected chi connectivity index (χ0v) is 17.2. The summed E-state index contributed by atoms with van der Waals surface area (Å²) in [5.41, 5.74) is 2.64. The predicted octanol–water partition coefficient (Wildman–Crippen LogP) is 4.14. The standard InChI is InChI=1S/C21H22N2O3S2/c1-2-17-10-12-19(13-11-17)22-20(24)16-23(15-18-7-4-3-5-8-18)28(25,26)21-9-6-14-27-21/h3-14H,2,15-16H2,1H3,(H,22,24). The minimum atomic E-state index is -3.76. The number of carbonyl (C=O) groups is 1. The van der Waals surface area contributed by atoms with Crippen molar-refractivity contribution in [2.24, 2.45) is 0 Å². The van der Waals surface area contributed by atoms with Gasteiger partial charge in [-0.1, -0.05) is 55.5 Å². The Kier molecular flexibility index (Phi) is 6.61. The second-order valence-electron chi connectivity index (χ2n) is 6.29. The van der Waals surface area contributed by atoms with Crippen molar-refractivity contribution in [3.63, 3.8) is 0 Å². The van der Waals surface area contributed by atoms with Crippen molar-refractivity contribution in [3.05, 3.63) is 83.2 Å². The van der Waals surface area contributed by atoms with Gasteiger partial charge >= 0.3 is 0 Å². The highest BCUT2D eigenvalue weighted by Crippen LogP contribution is 2.23. The fraction of sp³-hybridized carbons (Fsp3) is 0.190. The van der Waals surface area contributed by atoms with Crippen molar-refractivity contribution in [1.82, 2.24) is 4.31 Å². The molecule has 0 fully saturated rings. The van der Waals surface area contributed by atoms with Crippen molar-refractivity contribution >= 4 is 33.0 Å². The molecule has 146 valence electrons. The van der Waals surface area contributed by atoms with Gasteiger partial charge in [-0.2, -0.15) is 4.31 Å². The largest absolute Gasteiger partial charge is 0.325 e. The SMILES string of the molecule is CCc1ccc(NC(=O)CN(Cc2ccccc2)S(=O)(=O)c2cccs2)cc1. The first-order valence-corrected chi connectivity index (χ1v) is 11.3. The van der Waals surface area contributed by atoms with Crippen LogP contribution in [0.5, 0.6) is 0 Å². The van der Waals surface area contributed by atoms with Gasteiger partial charge in [0.25, 0.3) is 10.0 Å². The van der Waals surface area contributed by atoms with Gasteiger partial charge in [0.05, 0.1) is 6.54 Å². The van der Waals surface area contributed by atoms with E-state index in [1.165, 1.54) is 9.87 Å². The monoisotopic (exact) mass is 414 g/mol. The molecule has 0 aliphatic carbocycles. The fourth-order valence-corrected chi connectivity index (χ4v) is 5.26. The van der Waals surface area contributed by atoms with Crippen LogP contribution in [0.25, 0.3) is 0 Å². The van der Waals surface area contributed by atoms with Crippen LogP contribution in [-0.2, 0) is 27.8 Å². The molecule has 0 radical (unpaired) electrons. The summed E-state index contributed by atoms with van der Waals surface area (Å²) in [6.45, 7) is 1.93. The number of rotatable bonds is 8. The second kappa shape index (κ2) is 9.14. The first-order valence-electron chi connectivity index (χ1n) is 8.95. The number of carbonyl (C=O) groups excluding carboxylic acids is 1. The summed E-state index contributed by atoms with van der Waals surface area (Å²) in [6.07, 6.45) is 0.915. The Morgan fingerprint density at radius 3 is 2.29 bits per heavy atom. The smallest absolute Gasteiger partial charge is 0.253 e. The van der Waals surface area contributed by atoms with Crippen LogP contribution < -0.4 is 5.32 Å². The molecule has 1 aromatic heterocycles. The third kappa shape index (κ3) is 5.07. The molecule has 0 unspecified atom stereocenters. The summed E-state index contributed by atoms with van der Waals surface area (Å²) in [7, 11) is -3.76. The summed E-state index contributed by atoms with van der Waals surface area (Å²) in [6, 6.07) is 20.0. The molecule has 5 nitrogen and oxygen atoms in total. The van der Waals surface area contributed by atoms with Crippen LogP contribution in [0.4, 0.5) is 5.69 Å². The van der Waals surface area contributed by atoms with Gasteiger partial charge in [-0.15, -0.1) is 11.3 Å². The van der Waals surface area contributed by atoms with E-state index in [0.29, 0.717) is 5.69 Å². The Morgan fingerprint density at radius 1 is 0.964 bits per heavy atom. The molecular formula is C21H22N2O3S2. The highest BCUT2D eigenvalue weighted by molar-refractivity contribution is 7.91. The molecule has 0 bridgehead atoms. The van der Waals surface area contributed by atoms with E-state index in [0.717, 1.165) is 23.3 Å². The average Bonchev–Trinajstić information content (AvgIpc) is 3.24. The van der Waals surface area contributed by atoms with Gasteiger partial charge in [-0.25, -0.2) is 8.42 Å². The van der Waals surface area contributed by atoms with Gasteiger partial charge in [0, 0.05) is 12.2 Å². The molecule has 1 amide bonds. The third-order valence-electron chi connectivity index (χ3n) is 4.26. The van der Waals surface area contributed by atoms with Gasteiger partial charge in [-0.3, -0.25) is 4.79 Å². The Balaban J connectivity index is 1.79. The first-order chi connectivity index (χ1) is 13.5. The van der Waals surface area contributed by atoms with Crippen LogP contribution in [0.2, 0.25) is 0 Å². The number of sulfonamides is 1. The number of anilines is 1. The lowest BCUT2D eigenvalue weighted by Gasteiger charge is -2.21. The molecule has 2 aromatic carbocycles. The quantitative estimate of drug-likeness (QED) is 0.602. The normalized spacial score (nSPS) is 11.5. The Hall–Kier alpha value is -2.48. The Bertz CT molecular complexity index is 1000. The van der Waals surface area contributed by atoms with Crippen LogP contribution in [0, 0.1) is 0 Å². The van der Waals surface area contributed by atoms with Crippen LogP contribution in [0.15, 0.2) is 76.3 Å². The van der Waals surface area contributed by atoms with Crippen LogP contribution in [-0.4, -0.2) is 25.2 Å². The lowest BCUT2D eigenvalue weighted by Crippen LogP contribution is -2.37. The number of aryl methyl sites for hydroxylation is 1. The number of nitrogens with one attached hydrogen (secondary N) is 1. The van der Waals surface area contributed by atoms with Crippen LogP contribution in [0.1, 0.15) is 18.1 Å². The molecule has 1 N–H and O–H groups in total. The molecule has 0 saturated carbocycles. The van der Waals surface area contributed by atoms with E-state index >= 15 is 0 Å². The van der Waals surface area contributed by atoms with Gasteiger partial charge in [0.1, 0.15) is 4.21 Å². The van der Waals surface area contributed by atoms with E-state index in [4.69, 9.17) is 0 Å². The van der Waals surface area contributed by atoms with Gasteiger partial charge in [-0.05, 0) is 41.1 Å². The van der Waals surface area contributed by atoms with Gasteiger partial charge in [0.2, 0.25) is 5.91 Å². The van der Waals surface area contributed by atoms with Crippen molar-refractivity contribution < 1.29 is 13.2 Å². The average molecular weight is 415 g/mol. The predicted molar refractivity (Wildman–Crippen MR) is 113 cm³/mol. The van der Waals surface area contributed by atoms with Crippen molar-refractivity contribution in [2.75, 3.05) is 11.9 Å². The number of hydrogen-bond acceptors (Lipinski definition) is 4. The summed E-state index contributed by atoms with van der Waals surface area (Å²) in [4.78, 5) is 12.6. The molecular weight excluding hydrogens is 392 g/mol. The maximum absolute atomic E-state index is 13.0. The molecule has 1 heterocycles. The third-order valence-corrected chi connectivity index (χ3v) is 7.42. The Labute approximate surface area is 169 Å². The number of thiophene rings is 1.